The Kier molecular flexibility index (Phi) is 14.8. The first-order valence-corrected chi connectivity index (χ1v) is 1.55. The molecule has 0 saturated carbocycles. The van der Waals surface area contributed by atoms with Gasteiger partial charge < -0.3 is 10.5 Å². The zero-order valence-electron chi connectivity index (χ0n) is 3.68. The van der Waals surface area contributed by atoms with E-state index >= 15 is 0 Å². The standard InChI is InChI=1S/C3H7NO.Pb.2H/c4-2-1-3-5;;;/h3H,1-2,4H2;;;. The molecule has 0 saturated heterocycles. The summed E-state index contributed by atoms with van der Waals surface area (Å²) in [5.41, 5.74) is 4.91. The third-order valence-electron chi connectivity index (χ3n) is 0.285. The molecule has 0 unspecified atom stereocenters. The molecule has 0 aliphatic heterocycles. The molecule has 0 aromatic heterocycles. The van der Waals surface area contributed by atoms with Gasteiger partial charge in [0.15, 0.2) is 0 Å². The minimum absolute atomic E-state index is 0. The summed E-state index contributed by atoms with van der Waals surface area (Å²) in [7, 11) is 0. The Morgan fingerprint density at radius 2 is 2.17 bits per heavy atom. The van der Waals surface area contributed by atoms with Crippen molar-refractivity contribution in [3.05, 3.63) is 0 Å². The van der Waals surface area contributed by atoms with Gasteiger partial charge in [-0.2, -0.15) is 0 Å². The van der Waals surface area contributed by atoms with Gasteiger partial charge in [0, 0.05) is 6.42 Å². The summed E-state index contributed by atoms with van der Waals surface area (Å²) in [5.74, 6) is 0. The zero-order chi connectivity index (χ0) is 4.12. The molecule has 0 aliphatic carbocycles. The van der Waals surface area contributed by atoms with Crippen molar-refractivity contribution in [3.8, 4) is 0 Å². The van der Waals surface area contributed by atoms with Crippen molar-refractivity contribution in [3.63, 3.8) is 0 Å². The number of carbonyl (C=O) groups excluding carboxylic acids is 1. The van der Waals surface area contributed by atoms with Crippen LogP contribution in [-0.4, -0.2) is 40.1 Å². The van der Waals surface area contributed by atoms with Crippen molar-refractivity contribution in [1.29, 1.82) is 0 Å². The van der Waals surface area contributed by atoms with E-state index in [4.69, 9.17) is 5.73 Å². The Balaban J connectivity index is 0. The molecule has 36 valence electrons. The van der Waals surface area contributed by atoms with Gasteiger partial charge in [-0.3, -0.25) is 0 Å². The molecule has 0 rings (SSSR count). The Morgan fingerprint density at radius 3 is 2.17 bits per heavy atom. The van der Waals surface area contributed by atoms with Crippen molar-refractivity contribution >= 4 is 33.6 Å². The molecule has 2 nitrogen and oxygen atoms in total. The molecular weight excluding hydrogens is 273 g/mol. The van der Waals surface area contributed by atoms with Gasteiger partial charge in [-0.05, 0) is 6.54 Å². The summed E-state index contributed by atoms with van der Waals surface area (Å²) in [6.07, 6.45) is 1.29. The summed E-state index contributed by atoms with van der Waals surface area (Å²) >= 11 is 0. The average molecular weight is 282 g/mol. The molecule has 0 bridgehead atoms. The van der Waals surface area contributed by atoms with Crippen LogP contribution in [0.15, 0.2) is 0 Å². The summed E-state index contributed by atoms with van der Waals surface area (Å²) in [5, 5.41) is 0. The normalized spacial score (nSPS) is 6.17. The fourth-order valence-electron chi connectivity index (χ4n) is 0.0680. The number of hydrogen-bond acceptors (Lipinski definition) is 2. The van der Waals surface area contributed by atoms with E-state index in [9.17, 15) is 4.79 Å². The second kappa shape index (κ2) is 9.12. The van der Waals surface area contributed by atoms with Gasteiger partial charge in [0.25, 0.3) is 0 Å². The van der Waals surface area contributed by atoms with Crippen molar-refractivity contribution in [1.82, 2.24) is 0 Å². The second-order valence-electron chi connectivity index (χ2n) is 0.744. The SMILES string of the molecule is NCCC=O.[PbH2]. The van der Waals surface area contributed by atoms with E-state index in [1.165, 1.54) is 0 Å². The monoisotopic (exact) mass is 283 g/mol. The Bertz CT molecular complexity index is 32.0. The van der Waals surface area contributed by atoms with Crippen LogP contribution in [0.25, 0.3) is 0 Å². The van der Waals surface area contributed by atoms with E-state index in [0.29, 0.717) is 13.0 Å². The second-order valence-corrected chi connectivity index (χ2v) is 0.744. The fraction of sp³-hybridized carbons (Fsp3) is 0.667. The molecule has 0 aromatic carbocycles. The van der Waals surface area contributed by atoms with Crippen LogP contribution in [-0.2, 0) is 4.79 Å². The maximum absolute atomic E-state index is 9.32. The third kappa shape index (κ3) is 8.82. The van der Waals surface area contributed by atoms with Gasteiger partial charge in [0.2, 0.25) is 0 Å². The van der Waals surface area contributed by atoms with E-state index in [2.05, 4.69) is 0 Å². The minimum atomic E-state index is 0. The van der Waals surface area contributed by atoms with Crippen LogP contribution in [0.2, 0.25) is 0 Å². The van der Waals surface area contributed by atoms with E-state index in [0.717, 1.165) is 6.29 Å². The molecule has 3 heteroatoms. The predicted molar refractivity (Wildman–Crippen MR) is 28.3 cm³/mol. The Hall–Kier alpha value is 0.552. The summed E-state index contributed by atoms with van der Waals surface area (Å²) < 4.78 is 0. The number of rotatable bonds is 2. The van der Waals surface area contributed by atoms with Gasteiger partial charge in [0.05, 0.1) is 0 Å². The van der Waals surface area contributed by atoms with Gasteiger partial charge in [-0.1, -0.05) is 0 Å². The fourth-order valence-corrected chi connectivity index (χ4v) is 0.0680. The van der Waals surface area contributed by atoms with Gasteiger partial charge in [0.1, 0.15) is 6.29 Å². The molecule has 0 fully saturated rings. The first-order valence-electron chi connectivity index (χ1n) is 1.55. The van der Waals surface area contributed by atoms with E-state index in [1.54, 1.807) is 0 Å². The molecule has 0 amide bonds. The Morgan fingerprint density at radius 1 is 1.67 bits per heavy atom. The van der Waals surface area contributed by atoms with Crippen LogP contribution in [0.5, 0.6) is 0 Å². The van der Waals surface area contributed by atoms with Crippen LogP contribution >= 0.6 is 0 Å². The van der Waals surface area contributed by atoms with Crippen molar-refractivity contribution in [2.75, 3.05) is 6.54 Å². The Labute approximate surface area is 57.3 Å². The van der Waals surface area contributed by atoms with Crippen LogP contribution < -0.4 is 5.73 Å². The number of aldehydes is 1. The van der Waals surface area contributed by atoms with Gasteiger partial charge >= 0.3 is 27.3 Å². The van der Waals surface area contributed by atoms with Crippen LogP contribution in [0.4, 0.5) is 0 Å². The van der Waals surface area contributed by atoms with Gasteiger partial charge in [-0.25, -0.2) is 0 Å². The molecule has 0 heterocycles. The first kappa shape index (κ1) is 9.75. The predicted octanol–water partition coefficient (Wildman–Crippen LogP) is -1.38. The van der Waals surface area contributed by atoms with Crippen LogP contribution in [0.3, 0.4) is 0 Å². The molecule has 0 atom stereocenters. The van der Waals surface area contributed by atoms with Crippen molar-refractivity contribution in [2.24, 2.45) is 5.73 Å². The molecule has 2 N–H and O–H groups in total. The zero-order valence-corrected chi connectivity index (χ0v) is 9.18. The summed E-state index contributed by atoms with van der Waals surface area (Å²) in [6.45, 7) is 0.476. The third-order valence-corrected chi connectivity index (χ3v) is 0.285. The first-order chi connectivity index (χ1) is 2.41. The average Bonchev–Trinajstić information content (AvgIpc) is 1.41. The van der Waals surface area contributed by atoms with Crippen LogP contribution in [0.1, 0.15) is 6.42 Å². The number of nitrogens with two attached hydrogens (primary N) is 1. The molecule has 2 radical (unpaired) electrons. The van der Waals surface area contributed by atoms with E-state index in [-0.39, 0.29) is 27.3 Å². The van der Waals surface area contributed by atoms with E-state index < -0.39 is 0 Å². The quantitative estimate of drug-likeness (QED) is 0.501. The summed E-state index contributed by atoms with van der Waals surface area (Å²) in [6, 6.07) is 0. The molecular formula is C3H9NOPb. The molecule has 0 aliphatic rings. The number of hydrogen-bond donors (Lipinski definition) is 1. The van der Waals surface area contributed by atoms with Gasteiger partial charge in [-0.15, -0.1) is 0 Å². The van der Waals surface area contributed by atoms with Crippen molar-refractivity contribution < 1.29 is 4.79 Å². The summed E-state index contributed by atoms with van der Waals surface area (Å²) in [4.78, 5) is 9.32. The maximum atomic E-state index is 9.32. The molecule has 0 aromatic rings. The number of carbonyl (C=O) groups is 1. The van der Waals surface area contributed by atoms with E-state index in [1.807, 2.05) is 0 Å². The molecule has 0 spiro atoms. The van der Waals surface area contributed by atoms with Crippen molar-refractivity contribution in [2.45, 2.75) is 6.42 Å². The topological polar surface area (TPSA) is 43.1 Å². The van der Waals surface area contributed by atoms with Crippen LogP contribution in [0, 0.1) is 0 Å². The molecule has 6 heavy (non-hydrogen) atoms.